The zero-order valence-corrected chi connectivity index (χ0v) is 11.8. The van der Waals surface area contributed by atoms with Gasteiger partial charge in [0.05, 0.1) is 0 Å². The Bertz CT molecular complexity index is 615. The van der Waals surface area contributed by atoms with Gasteiger partial charge in [0.1, 0.15) is 0 Å². The van der Waals surface area contributed by atoms with Gasteiger partial charge in [-0.05, 0) is 0 Å². The maximum Gasteiger partial charge on any atom is 0.460 e. The molecule has 168 valence electrons. The van der Waals surface area contributed by atoms with Crippen LogP contribution in [0, 0.1) is 0 Å². The maximum absolute atomic E-state index is 13.0. The molecule has 0 fully saturated rings. The third-order valence-corrected chi connectivity index (χ3v) is 2.99. The van der Waals surface area contributed by atoms with Gasteiger partial charge in [-0.25, -0.2) is 4.79 Å². The number of carboxylic acids is 1. The lowest BCUT2D eigenvalue weighted by molar-refractivity contribution is -0.459. The van der Waals surface area contributed by atoms with Crippen molar-refractivity contribution in [1.29, 1.82) is 0 Å². The normalized spacial score (nSPS) is 16.3. The lowest BCUT2D eigenvalue weighted by Gasteiger charge is -2.42. The van der Waals surface area contributed by atoms with Crippen molar-refractivity contribution in [3.8, 4) is 0 Å². The summed E-state index contributed by atoms with van der Waals surface area (Å²) in [5, 5.41) is 7.59. The van der Waals surface area contributed by atoms with Crippen LogP contribution in [0.15, 0.2) is 0 Å². The predicted octanol–water partition coefficient (Wildman–Crippen LogP) is 5.08. The van der Waals surface area contributed by atoms with E-state index < -0.39 is 53.6 Å². The Morgan fingerprint density at radius 3 is 0.857 bits per heavy atom. The standard InChI is InChI=1S/C9HF17O2/c10-2(11,1(27)28)3(12,13)4(14,15)5(16,17)6(18,19)7(20,21)8(22,23)9(24,25)26/h(H,27,28)/i1+1,2+1,3+1,4+1,5+1,6+1,7+1,8+1,9+1. The maximum atomic E-state index is 13.0. The van der Waals surface area contributed by atoms with Crippen molar-refractivity contribution >= 4 is 5.97 Å². The molecule has 0 atom stereocenters. The van der Waals surface area contributed by atoms with E-state index in [0.29, 0.717) is 0 Å². The molecule has 0 radical (unpaired) electrons. The third-order valence-electron chi connectivity index (χ3n) is 2.99. The van der Waals surface area contributed by atoms with Gasteiger partial charge in [-0.3, -0.25) is 0 Å². The van der Waals surface area contributed by atoms with Gasteiger partial charge in [-0.1, -0.05) is 0 Å². The number of carbonyl (C=O) groups is 1. The molecule has 0 bridgehead atoms. The van der Waals surface area contributed by atoms with E-state index in [9.17, 15) is 79.4 Å². The molecule has 0 aromatic carbocycles. The Morgan fingerprint density at radius 2 is 0.643 bits per heavy atom. The van der Waals surface area contributed by atoms with Crippen LogP contribution in [-0.2, 0) is 4.79 Å². The molecule has 0 unspecified atom stereocenters. The molecule has 0 rings (SSSR count). The first-order valence-electron chi connectivity index (χ1n) is 5.64. The van der Waals surface area contributed by atoms with E-state index >= 15 is 0 Å². The fourth-order valence-electron chi connectivity index (χ4n) is 1.30. The Morgan fingerprint density at radius 1 is 0.429 bits per heavy atom. The van der Waals surface area contributed by atoms with Crippen LogP contribution in [0.3, 0.4) is 0 Å². The fraction of sp³-hybridized carbons (Fsp3) is 0.889. The van der Waals surface area contributed by atoms with Crippen LogP contribution >= 0.6 is 0 Å². The highest BCUT2D eigenvalue weighted by Gasteiger charge is 2.95. The summed E-state index contributed by atoms with van der Waals surface area (Å²) in [6.07, 6.45) is -7.83. The van der Waals surface area contributed by atoms with Crippen molar-refractivity contribution in [1.82, 2.24) is 0 Å². The molecule has 0 aliphatic heterocycles. The summed E-state index contributed by atoms with van der Waals surface area (Å²) >= 11 is 0. The van der Waals surface area contributed by atoms with Crippen LogP contribution in [0.4, 0.5) is 74.6 Å². The summed E-state index contributed by atoms with van der Waals surface area (Å²) in [6, 6.07) is 0. The SMILES string of the molecule is O=[13C](O)[13C](F)(F)[13C](F)(F)[13C](F)(F)[13C](F)(F)[13C](F)(F)[13C](F)(F)[13C](F)(F)[13C](F)(F)F. The Labute approximate surface area is 139 Å². The molecule has 2 nitrogen and oxygen atoms in total. The highest BCUT2D eigenvalue weighted by molar-refractivity contribution is 5.77. The zero-order chi connectivity index (χ0) is 23.6. The van der Waals surface area contributed by atoms with Gasteiger partial charge in [-0.15, -0.1) is 0 Å². The summed E-state index contributed by atoms with van der Waals surface area (Å²) in [4.78, 5) is 9.77. The van der Waals surface area contributed by atoms with Crippen molar-refractivity contribution in [3.63, 3.8) is 0 Å². The molecule has 0 aromatic heterocycles. The average Bonchev–Trinajstić information content (AvgIpc) is 2.44. The molecule has 0 spiro atoms. The number of carboxylic acid groups (broad SMARTS) is 1. The molecule has 1 N–H and O–H groups in total. The van der Waals surface area contributed by atoms with Crippen molar-refractivity contribution in [2.24, 2.45) is 0 Å². The zero-order valence-electron chi connectivity index (χ0n) is 11.8. The summed E-state index contributed by atoms with van der Waals surface area (Å²) in [6.45, 7) is 0. The molecular formula is C9HF17O2. The summed E-state index contributed by atoms with van der Waals surface area (Å²) in [5.74, 6) is -62.9. The average molecular weight is 473 g/mol. The molecule has 28 heavy (non-hydrogen) atoms. The second-order valence-corrected chi connectivity index (χ2v) is 4.82. The summed E-state index contributed by atoms with van der Waals surface area (Å²) in [5.41, 5.74) is 0. The van der Waals surface area contributed by atoms with Crippen molar-refractivity contribution < 1.29 is 84.5 Å². The number of aliphatic carboxylic acids is 1. The van der Waals surface area contributed by atoms with Gasteiger partial charge >= 0.3 is 53.6 Å². The number of hydrogen-bond acceptors (Lipinski definition) is 1. The second kappa shape index (κ2) is 6.14. The van der Waals surface area contributed by atoms with Gasteiger partial charge in [0.2, 0.25) is 0 Å². The highest BCUT2D eigenvalue weighted by atomic mass is 19.5. The minimum Gasteiger partial charge on any atom is -0.477 e. The quantitative estimate of drug-likeness (QED) is 0.414. The van der Waals surface area contributed by atoms with Gasteiger partial charge in [0, 0.05) is 0 Å². The third kappa shape index (κ3) is 2.91. The lowest BCUT2D eigenvalue weighted by Crippen LogP contribution is -2.75. The largest absolute Gasteiger partial charge is 0.477 e. The van der Waals surface area contributed by atoms with E-state index in [-0.39, 0.29) is 0 Å². The van der Waals surface area contributed by atoms with Gasteiger partial charge in [0.15, 0.2) is 0 Å². The molecule has 0 saturated heterocycles. The Balaban J connectivity index is 6.76. The van der Waals surface area contributed by atoms with Crippen molar-refractivity contribution in [3.05, 3.63) is 0 Å². The first-order chi connectivity index (χ1) is 11.7. The van der Waals surface area contributed by atoms with Crippen LogP contribution in [0.2, 0.25) is 0 Å². The second-order valence-electron chi connectivity index (χ2n) is 4.82. The van der Waals surface area contributed by atoms with E-state index in [1.54, 1.807) is 0 Å². The van der Waals surface area contributed by atoms with E-state index in [0.717, 1.165) is 0 Å². The molecule has 0 amide bonds. The molecule has 0 aliphatic rings. The lowest BCUT2D eigenvalue weighted by atomic mass is 10.9. The number of rotatable bonds is 7. The molecule has 0 heterocycles. The molecular weight excluding hydrogens is 472 g/mol. The number of halogens is 17. The minimum absolute atomic E-state index is 4.39. The Hall–Kier alpha value is -1.72. The van der Waals surface area contributed by atoms with Crippen LogP contribution < -0.4 is 0 Å². The van der Waals surface area contributed by atoms with Crippen LogP contribution in [0.25, 0.3) is 0 Å². The molecule has 0 aliphatic carbocycles. The van der Waals surface area contributed by atoms with Gasteiger partial charge in [0.25, 0.3) is 0 Å². The summed E-state index contributed by atoms with van der Waals surface area (Å²) < 4.78 is 214. The molecule has 0 saturated carbocycles. The van der Waals surface area contributed by atoms with Gasteiger partial charge in [-0.2, -0.15) is 74.6 Å². The minimum atomic E-state index is -8.76. The molecule has 0 aromatic rings. The van der Waals surface area contributed by atoms with E-state index in [1.165, 1.54) is 0 Å². The van der Waals surface area contributed by atoms with E-state index in [2.05, 4.69) is 0 Å². The van der Waals surface area contributed by atoms with Crippen LogP contribution in [-0.4, -0.2) is 58.7 Å². The van der Waals surface area contributed by atoms with Crippen molar-refractivity contribution in [2.45, 2.75) is 47.6 Å². The summed E-state index contributed by atoms with van der Waals surface area (Å²) in [7, 11) is 0. The highest BCUT2D eigenvalue weighted by Crippen LogP contribution is 2.63. The first kappa shape index (κ1) is 26.3. The number of alkyl halides is 17. The van der Waals surface area contributed by atoms with E-state index in [1.807, 2.05) is 0 Å². The van der Waals surface area contributed by atoms with Crippen LogP contribution in [0.5, 0.6) is 0 Å². The van der Waals surface area contributed by atoms with Gasteiger partial charge < -0.3 is 5.11 Å². The predicted molar refractivity (Wildman–Crippen MR) is 48.3 cm³/mol. The van der Waals surface area contributed by atoms with E-state index in [4.69, 9.17) is 5.11 Å². The van der Waals surface area contributed by atoms with Crippen LogP contribution in [0.1, 0.15) is 0 Å². The first-order valence-corrected chi connectivity index (χ1v) is 5.64. The monoisotopic (exact) mass is 473 g/mol. The molecule has 19 heteroatoms. The fourth-order valence-corrected chi connectivity index (χ4v) is 1.30. The van der Waals surface area contributed by atoms with Crippen molar-refractivity contribution in [2.75, 3.05) is 0 Å². The smallest absolute Gasteiger partial charge is 0.460 e. The Kier molecular flexibility index (Phi) is 5.76. The topological polar surface area (TPSA) is 37.3 Å². The number of hydrogen-bond donors (Lipinski definition) is 1.